The quantitative estimate of drug-likeness (QED) is 0.728. The number of alkyl halides is 3. The van der Waals surface area contributed by atoms with Gasteiger partial charge in [-0.2, -0.15) is 20.2 Å². The van der Waals surface area contributed by atoms with Crippen molar-refractivity contribution in [1.29, 1.82) is 0 Å². The molecule has 1 rings (SSSR count). The average molecular weight is 233 g/mol. The summed E-state index contributed by atoms with van der Waals surface area (Å²) in [5, 5.41) is 12.0. The number of halogens is 3. The summed E-state index contributed by atoms with van der Waals surface area (Å²) in [5.41, 5.74) is -0.0361. The topological polar surface area (TPSA) is 54.2 Å². The van der Waals surface area contributed by atoms with Crippen molar-refractivity contribution >= 4 is 6.47 Å². The lowest BCUT2D eigenvalue weighted by atomic mass is 10.1. The number of nitrogens with zero attached hydrogens (tertiary/aromatic N) is 1. The van der Waals surface area contributed by atoms with Gasteiger partial charge in [-0.05, 0) is 6.07 Å². The number of hydrogen-bond donors (Lipinski definition) is 0. The zero-order chi connectivity index (χ0) is 12.6. The van der Waals surface area contributed by atoms with Crippen LogP contribution >= 0.6 is 0 Å². The number of carbonyl (C=O) groups excluding carboxylic acids is 1. The molecule has 0 spiro atoms. The summed E-state index contributed by atoms with van der Waals surface area (Å²) >= 11 is 0. The number of benzene rings is 1. The minimum absolute atomic E-state index is 0.323. The molecular formula is C10H10F3NO2-2. The molecule has 0 heterocycles. The summed E-state index contributed by atoms with van der Waals surface area (Å²) in [6.45, 7) is -0.177. The molecule has 0 atom stereocenters. The van der Waals surface area contributed by atoms with E-state index < -0.39 is 18.2 Å². The Kier molecular flexibility index (Phi) is 6.17. The standard InChI is InChI=1S/C9H9F3N.CH2O2/c1-13-6-7-3-2-4-8(5-7)9(10,11)12;2-1-3/h2-5H,6H2,1H3;1H,(H,2,3)/q-1;/p-1. The monoisotopic (exact) mass is 233 g/mol. The van der Waals surface area contributed by atoms with Crippen molar-refractivity contribution in [2.75, 3.05) is 7.05 Å². The Morgan fingerprint density at radius 3 is 2.44 bits per heavy atom. The Morgan fingerprint density at radius 1 is 1.44 bits per heavy atom. The lowest BCUT2D eigenvalue weighted by Crippen LogP contribution is -2.05. The zero-order valence-electron chi connectivity index (χ0n) is 8.49. The molecule has 0 unspecified atom stereocenters. The SMILES string of the molecule is C[N-]Cc1cccc(C(F)(F)F)c1.O=C[O-]. The fourth-order valence-corrected chi connectivity index (χ4v) is 1.03. The normalized spacial score (nSPS) is 10.2. The van der Waals surface area contributed by atoms with Gasteiger partial charge in [0.05, 0.1) is 5.56 Å². The highest BCUT2D eigenvalue weighted by molar-refractivity contribution is 5.29. The first-order valence-corrected chi connectivity index (χ1v) is 4.23. The van der Waals surface area contributed by atoms with Crippen LogP contribution in [0.5, 0.6) is 0 Å². The van der Waals surface area contributed by atoms with Gasteiger partial charge in [-0.3, -0.25) is 0 Å². The predicted molar refractivity (Wildman–Crippen MR) is 50.5 cm³/mol. The Morgan fingerprint density at radius 2 is 2.00 bits per heavy atom. The maximum atomic E-state index is 12.2. The fraction of sp³-hybridized carbons (Fsp3) is 0.300. The molecule has 0 saturated heterocycles. The Labute approximate surface area is 90.9 Å². The van der Waals surface area contributed by atoms with Crippen LogP contribution in [0.3, 0.4) is 0 Å². The van der Waals surface area contributed by atoms with E-state index in [1.165, 1.54) is 6.07 Å². The zero-order valence-corrected chi connectivity index (χ0v) is 8.49. The second-order valence-corrected chi connectivity index (χ2v) is 2.77. The van der Waals surface area contributed by atoms with E-state index in [9.17, 15) is 13.2 Å². The van der Waals surface area contributed by atoms with Crippen molar-refractivity contribution in [2.45, 2.75) is 12.7 Å². The Hall–Kier alpha value is -1.56. The molecule has 0 saturated carbocycles. The molecule has 0 fully saturated rings. The largest absolute Gasteiger partial charge is 0.661 e. The third kappa shape index (κ3) is 5.35. The second kappa shape index (κ2) is 6.84. The van der Waals surface area contributed by atoms with Crippen LogP contribution in [-0.4, -0.2) is 13.5 Å². The van der Waals surface area contributed by atoms with E-state index in [0.717, 1.165) is 12.1 Å². The van der Waals surface area contributed by atoms with E-state index in [-0.39, 0.29) is 0 Å². The highest BCUT2D eigenvalue weighted by atomic mass is 19.4. The van der Waals surface area contributed by atoms with E-state index in [4.69, 9.17) is 9.90 Å². The van der Waals surface area contributed by atoms with E-state index in [2.05, 4.69) is 5.32 Å². The third-order valence-corrected chi connectivity index (χ3v) is 1.59. The first-order valence-electron chi connectivity index (χ1n) is 4.23. The van der Waals surface area contributed by atoms with Gasteiger partial charge in [0.25, 0.3) is 0 Å². The van der Waals surface area contributed by atoms with E-state index in [1.807, 2.05) is 0 Å². The minimum atomic E-state index is -4.26. The van der Waals surface area contributed by atoms with Crippen LogP contribution in [0.25, 0.3) is 5.32 Å². The van der Waals surface area contributed by atoms with Gasteiger partial charge in [0.2, 0.25) is 0 Å². The summed E-state index contributed by atoms with van der Waals surface area (Å²) in [5.74, 6) is 0. The summed E-state index contributed by atoms with van der Waals surface area (Å²) in [6.07, 6.45) is -4.26. The number of carboxylic acid groups (broad SMARTS) is 1. The number of hydrogen-bond acceptors (Lipinski definition) is 2. The smallest absolute Gasteiger partial charge is 0.416 e. The third-order valence-electron chi connectivity index (χ3n) is 1.59. The Bertz CT molecular complexity index is 326. The van der Waals surface area contributed by atoms with Gasteiger partial charge < -0.3 is 15.2 Å². The fourth-order valence-electron chi connectivity index (χ4n) is 1.03. The second-order valence-electron chi connectivity index (χ2n) is 2.77. The highest BCUT2D eigenvalue weighted by Crippen LogP contribution is 2.29. The summed E-state index contributed by atoms with van der Waals surface area (Å²) in [4.78, 5) is 8.25. The van der Waals surface area contributed by atoms with Crippen LogP contribution in [0.2, 0.25) is 0 Å². The number of carbonyl (C=O) groups is 1. The van der Waals surface area contributed by atoms with E-state index in [1.54, 1.807) is 13.1 Å². The van der Waals surface area contributed by atoms with Gasteiger partial charge in [0.15, 0.2) is 0 Å². The molecule has 16 heavy (non-hydrogen) atoms. The number of rotatable bonds is 2. The minimum Gasteiger partial charge on any atom is -0.661 e. The van der Waals surface area contributed by atoms with E-state index >= 15 is 0 Å². The molecule has 0 N–H and O–H groups in total. The molecule has 1 aromatic carbocycles. The molecule has 0 amide bonds. The van der Waals surface area contributed by atoms with Gasteiger partial charge >= 0.3 is 6.18 Å². The van der Waals surface area contributed by atoms with Crippen LogP contribution in [-0.2, 0) is 17.5 Å². The van der Waals surface area contributed by atoms with Crippen LogP contribution in [0, 0.1) is 0 Å². The molecule has 90 valence electrons. The summed E-state index contributed by atoms with van der Waals surface area (Å²) < 4.78 is 36.5. The molecule has 0 aliphatic heterocycles. The molecule has 0 aliphatic carbocycles. The van der Waals surface area contributed by atoms with Crippen molar-refractivity contribution in [3.05, 3.63) is 40.7 Å². The Balaban J connectivity index is 0.000000673. The molecule has 6 heteroatoms. The predicted octanol–water partition coefficient (Wildman–Crippen LogP) is 1.57. The molecule has 3 nitrogen and oxygen atoms in total. The first kappa shape index (κ1) is 14.4. The van der Waals surface area contributed by atoms with Gasteiger partial charge in [-0.25, -0.2) is 0 Å². The van der Waals surface area contributed by atoms with E-state index in [0.29, 0.717) is 12.1 Å². The van der Waals surface area contributed by atoms with Gasteiger partial charge in [0, 0.05) is 6.47 Å². The van der Waals surface area contributed by atoms with Crippen molar-refractivity contribution in [2.24, 2.45) is 0 Å². The molecule has 0 aromatic heterocycles. The summed E-state index contributed by atoms with van der Waals surface area (Å²) in [6, 6.07) is 5.19. The summed E-state index contributed by atoms with van der Waals surface area (Å²) in [7, 11) is 1.57. The van der Waals surface area contributed by atoms with Crippen LogP contribution in [0.1, 0.15) is 11.1 Å². The van der Waals surface area contributed by atoms with Crippen LogP contribution in [0.15, 0.2) is 24.3 Å². The van der Waals surface area contributed by atoms with Crippen LogP contribution < -0.4 is 5.11 Å². The highest BCUT2D eigenvalue weighted by Gasteiger charge is 2.29. The molecule has 0 aliphatic rings. The van der Waals surface area contributed by atoms with Crippen molar-refractivity contribution in [3.8, 4) is 0 Å². The first-order chi connectivity index (χ1) is 7.45. The van der Waals surface area contributed by atoms with Gasteiger partial charge in [0.1, 0.15) is 0 Å². The molecule has 0 bridgehead atoms. The average Bonchev–Trinajstić information content (AvgIpc) is 2.18. The van der Waals surface area contributed by atoms with Gasteiger partial charge in [-0.1, -0.05) is 23.8 Å². The molecule has 0 radical (unpaired) electrons. The molecule has 1 aromatic rings. The van der Waals surface area contributed by atoms with Crippen molar-refractivity contribution < 1.29 is 23.1 Å². The van der Waals surface area contributed by atoms with Gasteiger partial charge in [-0.15, -0.1) is 6.54 Å². The maximum Gasteiger partial charge on any atom is 0.416 e. The lowest BCUT2D eigenvalue weighted by Gasteiger charge is -2.13. The molecular weight excluding hydrogens is 223 g/mol. The lowest BCUT2D eigenvalue weighted by molar-refractivity contribution is -0.283. The van der Waals surface area contributed by atoms with Crippen molar-refractivity contribution in [1.82, 2.24) is 0 Å². The maximum absolute atomic E-state index is 12.2. The van der Waals surface area contributed by atoms with Crippen molar-refractivity contribution in [3.63, 3.8) is 0 Å². The van der Waals surface area contributed by atoms with Crippen LogP contribution in [0.4, 0.5) is 13.2 Å².